The van der Waals surface area contributed by atoms with E-state index in [-0.39, 0.29) is 24.0 Å². The number of piperazine rings is 1. The Morgan fingerprint density at radius 1 is 1.00 bits per heavy atom. The summed E-state index contributed by atoms with van der Waals surface area (Å²) in [5.41, 5.74) is 11.7. The molecule has 2 aliphatic rings. The van der Waals surface area contributed by atoms with E-state index >= 15 is 0 Å². The number of anilines is 3. The number of aryl methyl sites for hydroxylation is 1. The molecule has 3 N–H and O–H groups in total. The predicted octanol–water partition coefficient (Wildman–Crippen LogP) is 4.96. The third-order valence-corrected chi connectivity index (χ3v) is 7.46. The molecule has 0 bridgehead atoms. The van der Waals surface area contributed by atoms with Crippen LogP contribution in [0.15, 0.2) is 42.5 Å². The summed E-state index contributed by atoms with van der Waals surface area (Å²) >= 11 is 0. The van der Waals surface area contributed by atoms with Crippen LogP contribution in [-0.4, -0.2) is 55.7 Å². The average molecular weight is 479 g/mol. The van der Waals surface area contributed by atoms with E-state index in [2.05, 4.69) is 68.2 Å². The first-order chi connectivity index (χ1) is 16.7. The maximum absolute atomic E-state index is 12.8. The highest BCUT2D eigenvalue weighted by atomic mass is 16.5. The van der Waals surface area contributed by atoms with Gasteiger partial charge < -0.3 is 25.6 Å². The number of nitrogens with two attached hydrogens (primary N) is 1. The SMILES string of the molecule is Cc1cc(N)ccc1NC1CCC(OCC(=O)N2CCN(c3ccc(C(C)(C)C)cc3)CC2)CC1. The molecule has 1 aliphatic carbocycles. The van der Waals surface area contributed by atoms with Crippen molar-refractivity contribution in [2.75, 3.05) is 48.7 Å². The quantitative estimate of drug-likeness (QED) is 0.574. The van der Waals surface area contributed by atoms with Gasteiger partial charge in [0.25, 0.3) is 0 Å². The van der Waals surface area contributed by atoms with Crippen LogP contribution >= 0.6 is 0 Å². The van der Waals surface area contributed by atoms with Gasteiger partial charge in [-0.05, 0) is 79.5 Å². The van der Waals surface area contributed by atoms with Crippen LogP contribution in [0.4, 0.5) is 17.1 Å². The maximum atomic E-state index is 12.8. The van der Waals surface area contributed by atoms with Crippen LogP contribution in [0.2, 0.25) is 0 Å². The first-order valence-electron chi connectivity index (χ1n) is 13.1. The fourth-order valence-electron chi connectivity index (χ4n) is 5.11. The molecule has 190 valence electrons. The Hall–Kier alpha value is -2.73. The number of nitrogens with zero attached hydrogens (tertiary/aromatic N) is 2. The van der Waals surface area contributed by atoms with Gasteiger partial charge in [-0.25, -0.2) is 0 Å². The van der Waals surface area contributed by atoms with Crippen molar-refractivity contribution >= 4 is 23.0 Å². The molecule has 6 heteroatoms. The summed E-state index contributed by atoms with van der Waals surface area (Å²) in [4.78, 5) is 17.1. The number of hydrogen-bond donors (Lipinski definition) is 2. The zero-order valence-corrected chi connectivity index (χ0v) is 21.8. The molecule has 0 spiro atoms. The number of nitrogen functional groups attached to an aromatic ring is 1. The molecule has 0 aromatic heterocycles. The minimum absolute atomic E-state index is 0.116. The Balaban J connectivity index is 1.16. The number of rotatable bonds is 6. The van der Waals surface area contributed by atoms with Crippen LogP contribution in [0.25, 0.3) is 0 Å². The summed E-state index contributed by atoms with van der Waals surface area (Å²) in [6.45, 7) is 12.2. The van der Waals surface area contributed by atoms with Crippen molar-refractivity contribution in [1.82, 2.24) is 4.90 Å². The smallest absolute Gasteiger partial charge is 0.248 e. The number of benzene rings is 2. The van der Waals surface area contributed by atoms with E-state index in [9.17, 15) is 4.79 Å². The molecular formula is C29H42N4O2. The first-order valence-corrected chi connectivity index (χ1v) is 13.1. The molecule has 2 aromatic rings. The summed E-state index contributed by atoms with van der Waals surface area (Å²) in [6, 6.07) is 15.3. The minimum Gasteiger partial charge on any atom is -0.399 e. The fraction of sp³-hybridized carbons (Fsp3) is 0.552. The maximum Gasteiger partial charge on any atom is 0.248 e. The molecular weight excluding hydrogens is 436 g/mol. The van der Waals surface area contributed by atoms with Crippen molar-refractivity contribution in [3.05, 3.63) is 53.6 Å². The summed E-state index contributed by atoms with van der Waals surface area (Å²) in [6.07, 6.45) is 4.24. The lowest BCUT2D eigenvalue weighted by molar-refractivity contribution is -0.139. The Labute approximate surface area is 210 Å². The third kappa shape index (κ3) is 6.69. The summed E-state index contributed by atoms with van der Waals surface area (Å²) < 4.78 is 6.04. The lowest BCUT2D eigenvalue weighted by Gasteiger charge is -2.37. The van der Waals surface area contributed by atoms with E-state index in [1.165, 1.54) is 16.8 Å². The van der Waals surface area contributed by atoms with Gasteiger partial charge >= 0.3 is 0 Å². The van der Waals surface area contributed by atoms with Crippen LogP contribution in [0.3, 0.4) is 0 Å². The van der Waals surface area contributed by atoms with Crippen LogP contribution in [0.1, 0.15) is 57.6 Å². The van der Waals surface area contributed by atoms with Gasteiger partial charge in [0.1, 0.15) is 6.61 Å². The second kappa shape index (κ2) is 10.9. The van der Waals surface area contributed by atoms with Gasteiger partial charge in [-0.1, -0.05) is 32.9 Å². The largest absolute Gasteiger partial charge is 0.399 e. The molecule has 2 fully saturated rings. The summed E-state index contributed by atoms with van der Waals surface area (Å²) in [5.74, 6) is 0.116. The lowest BCUT2D eigenvalue weighted by atomic mass is 9.87. The molecule has 1 aliphatic heterocycles. The van der Waals surface area contributed by atoms with Gasteiger partial charge in [-0.2, -0.15) is 0 Å². The van der Waals surface area contributed by atoms with E-state index < -0.39 is 0 Å². The average Bonchev–Trinajstić information content (AvgIpc) is 2.85. The highest BCUT2D eigenvalue weighted by Crippen LogP contribution is 2.27. The van der Waals surface area contributed by atoms with Crippen LogP contribution in [-0.2, 0) is 14.9 Å². The van der Waals surface area contributed by atoms with Crippen molar-refractivity contribution in [2.45, 2.75) is 70.9 Å². The molecule has 0 radical (unpaired) electrons. The minimum atomic E-state index is 0.116. The van der Waals surface area contributed by atoms with Crippen molar-refractivity contribution in [3.8, 4) is 0 Å². The van der Waals surface area contributed by atoms with Crippen LogP contribution in [0.5, 0.6) is 0 Å². The molecule has 35 heavy (non-hydrogen) atoms. The molecule has 1 saturated carbocycles. The summed E-state index contributed by atoms with van der Waals surface area (Å²) in [5, 5.41) is 3.65. The molecule has 4 rings (SSSR count). The zero-order chi connectivity index (χ0) is 25.0. The zero-order valence-electron chi connectivity index (χ0n) is 21.8. The molecule has 0 unspecified atom stereocenters. The van der Waals surface area contributed by atoms with E-state index in [1.54, 1.807) is 0 Å². The fourth-order valence-corrected chi connectivity index (χ4v) is 5.11. The number of amides is 1. The number of ether oxygens (including phenoxy) is 1. The highest BCUT2D eigenvalue weighted by Gasteiger charge is 2.25. The monoisotopic (exact) mass is 478 g/mol. The number of carbonyl (C=O) groups is 1. The Bertz CT molecular complexity index is 983. The Kier molecular flexibility index (Phi) is 7.90. The van der Waals surface area contributed by atoms with Gasteiger partial charge in [0.05, 0.1) is 6.10 Å². The molecule has 2 aromatic carbocycles. The second-order valence-corrected chi connectivity index (χ2v) is 11.2. The van der Waals surface area contributed by atoms with E-state index in [1.807, 2.05) is 17.0 Å². The Morgan fingerprint density at radius 2 is 1.66 bits per heavy atom. The van der Waals surface area contributed by atoms with Crippen molar-refractivity contribution in [1.29, 1.82) is 0 Å². The molecule has 0 atom stereocenters. The molecule has 1 saturated heterocycles. The first kappa shape index (κ1) is 25.4. The van der Waals surface area contributed by atoms with Crippen molar-refractivity contribution in [3.63, 3.8) is 0 Å². The standard InChI is InChI=1S/C29H42N4O2/c1-21-19-23(30)7-14-27(21)31-24-8-12-26(13-9-24)35-20-28(34)33-17-15-32(16-18-33)25-10-5-22(6-11-25)29(2,3)4/h5-7,10-11,14,19,24,26,31H,8-9,12-13,15-18,20,30H2,1-4H3. The van der Waals surface area contributed by atoms with E-state index in [0.717, 1.165) is 63.2 Å². The van der Waals surface area contributed by atoms with Gasteiger partial charge in [0, 0.05) is 49.3 Å². The van der Waals surface area contributed by atoms with Crippen molar-refractivity contribution in [2.24, 2.45) is 0 Å². The molecule has 6 nitrogen and oxygen atoms in total. The van der Waals surface area contributed by atoms with E-state index in [4.69, 9.17) is 10.5 Å². The third-order valence-electron chi connectivity index (χ3n) is 7.46. The second-order valence-electron chi connectivity index (χ2n) is 11.2. The normalized spacial score (nSPS) is 21.1. The highest BCUT2D eigenvalue weighted by molar-refractivity contribution is 5.77. The van der Waals surface area contributed by atoms with Gasteiger partial charge in [0.2, 0.25) is 5.91 Å². The number of carbonyl (C=O) groups excluding carboxylic acids is 1. The Morgan fingerprint density at radius 3 is 2.26 bits per heavy atom. The molecule has 1 heterocycles. The summed E-state index contributed by atoms with van der Waals surface area (Å²) in [7, 11) is 0. The molecule has 1 amide bonds. The van der Waals surface area contributed by atoms with Crippen LogP contribution in [0, 0.1) is 6.92 Å². The van der Waals surface area contributed by atoms with Gasteiger partial charge in [-0.3, -0.25) is 4.79 Å². The van der Waals surface area contributed by atoms with Crippen LogP contribution < -0.4 is 16.0 Å². The van der Waals surface area contributed by atoms with Crippen molar-refractivity contribution < 1.29 is 9.53 Å². The van der Waals surface area contributed by atoms with Gasteiger partial charge in [-0.15, -0.1) is 0 Å². The lowest BCUT2D eigenvalue weighted by Crippen LogP contribution is -2.50. The topological polar surface area (TPSA) is 70.8 Å². The predicted molar refractivity (Wildman–Crippen MR) is 145 cm³/mol. The number of nitrogens with one attached hydrogen (secondary N) is 1. The van der Waals surface area contributed by atoms with Gasteiger partial charge in [0.15, 0.2) is 0 Å². The number of hydrogen-bond acceptors (Lipinski definition) is 5. The van der Waals surface area contributed by atoms with E-state index in [0.29, 0.717) is 6.04 Å².